The van der Waals surface area contributed by atoms with E-state index < -0.39 is 0 Å². The fourth-order valence-corrected chi connectivity index (χ4v) is 1.96. The van der Waals surface area contributed by atoms with Gasteiger partial charge in [0.15, 0.2) is 0 Å². The van der Waals surface area contributed by atoms with Crippen molar-refractivity contribution in [3.63, 3.8) is 0 Å². The van der Waals surface area contributed by atoms with E-state index in [2.05, 4.69) is 35.1 Å². The van der Waals surface area contributed by atoms with E-state index in [1.807, 2.05) is 24.3 Å². The molecule has 0 heterocycles. The van der Waals surface area contributed by atoms with Crippen LogP contribution in [0.4, 0.5) is 0 Å². The van der Waals surface area contributed by atoms with Crippen LogP contribution in [0, 0.1) is 0 Å². The largest absolute Gasteiger partial charge is 0.355 e. The maximum atomic E-state index is 11.6. The van der Waals surface area contributed by atoms with Gasteiger partial charge in [-0.25, -0.2) is 0 Å². The lowest BCUT2D eigenvalue weighted by molar-refractivity contribution is -0.124. The standard InChI is InChI=1S/C15H20BrNO2/c1-11(18)4-9-14(19)17-10-15(2,3)12-5-7-13(16)8-6-12/h5-8H,4,9-10H2,1-3H3,(H,17,19). The molecule has 0 radical (unpaired) electrons. The first-order valence-corrected chi connectivity index (χ1v) is 7.13. The summed E-state index contributed by atoms with van der Waals surface area (Å²) in [6, 6.07) is 8.08. The molecule has 1 aromatic rings. The number of nitrogens with one attached hydrogen (secondary N) is 1. The number of rotatable bonds is 6. The van der Waals surface area contributed by atoms with E-state index in [-0.39, 0.29) is 23.5 Å². The monoisotopic (exact) mass is 325 g/mol. The number of hydrogen-bond acceptors (Lipinski definition) is 2. The second-order valence-corrected chi connectivity index (χ2v) is 6.29. The third-order valence-electron chi connectivity index (χ3n) is 3.06. The van der Waals surface area contributed by atoms with Gasteiger partial charge in [0.2, 0.25) is 5.91 Å². The Hall–Kier alpha value is -1.16. The first-order chi connectivity index (χ1) is 8.81. The van der Waals surface area contributed by atoms with Crippen molar-refractivity contribution in [1.29, 1.82) is 0 Å². The summed E-state index contributed by atoms with van der Waals surface area (Å²) in [5.41, 5.74) is 1.04. The second-order valence-electron chi connectivity index (χ2n) is 5.37. The molecule has 0 bridgehead atoms. The van der Waals surface area contributed by atoms with Gasteiger partial charge in [0.1, 0.15) is 5.78 Å². The van der Waals surface area contributed by atoms with Gasteiger partial charge in [-0.2, -0.15) is 0 Å². The van der Waals surface area contributed by atoms with Gasteiger partial charge in [-0.1, -0.05) is 41.9 Å². The highest BCUT2D eigenvalue weighted by Crippen LogP contribution is 2.24. The Kier molecular flexibility index (Phi) is 5.73. The van der Waals surface area contributed by atoms with Crippen molar-refractivity contribution in [2.24, 2.45) is 0 Å². The van der Waals surface area contributed by atoms with Crippen LogP contribution in [0.15, 0.2) is 28.7 Å². The van der Waals surface area contributed by atoms with E-state index in [1.54, 1.807) is 0 Å². The smallest absolute Gasteiger partial charge is 0.220 e. The maximum absolute atomic E-state index is 11.6. The molecule has 0 spiro atoms. The van der Waals surface area contributed by atoms with Gasteiger partial charge >= 0.3 is 0 Å². The summed E-state index contributed by atoms with van der Waals surface area (Å²) in [4.78, 5) is 22.4. The summed E-state index contributed by atoms with van der Waals surface area (Å²) in [5.74, 6) is -0.0253. The SMILES string of the molecule is CC(=O)CCC(=O)NCC(C)(C)c1ccc(Br)cc1. The van der Waals surface area contributed by atoms with Crippen molar-refractivity contribution in [3.05, 3.63) is 34.3 Å². The summed E-state index contributed by atoms with van der Waals surface area (Å²) >= 11 is 3.41. The van der Waals surface area contributed by atoms with Crippen LogP contribution in [0.3, 0.4) is 0 Å². The van der Waals surface area contributed by atoms with Crippen molar-refractivity contribution >= 4 is 27.6 Å². The lowest BCUT2D eigenvalue weighted by Crippen LogP contribution is -2.36. The lowest BCUT2D eigenvalue weighted by Gasteiger charge is -2.25. The Balaban J connectivity index is 2.53. The average Bonchev–Trinajstić information content (AvgIpc) is 2.34. The Morgan fingerprint density at radius 2 is 1.74 bits per heavy atom. The van der Waals surface area contributed by atoms with Gasteiger partial charge in [-0.3, -0.25) is 4.79 Å². The van der Waals surface area contributed by atoms with E-state index in [9.17, 15) is 9.59 Å². The van der Waals surface area contributed by atoms with Crippen LogP contribution in [0.1, 0.15) is 39.2 Å². The van der Waals surface area contributed by atoms with Gasteiger partial charge in [0.25, 0.3) is 0 Å². The molecule has 0 fully saturated rings. The van der Waals surface area contributed by atoms with Crippen LogP contribution in [-0.2, 0) is 15.0 Å². The van der Waals surface area contributed by atoms with Crippen molar-refractivity contribution < 1.29 is 9.59 Å². The highest BCUT2D eigenvalue weighted by atomic mass is 79.9. The zero-order valence-electron chi connectivity index (χ0n) is 11.6. The van der Waals surface area contributed by atoms with Crippen molar-refractivity contribution in [2.45, 2.75) is 39.0 Å². The van der Waals surface area contributed by atoms with E-state index in [1.165, 1.54) is 12.5 Å². The average molecular weight is 326 g/mol. The van der Waals surface area contributed by atoms with Crippen LogP contribution < -0.4 is 5.32 Å². The van der Waals surface area contributed by atoms with Gasteiger partial charge in [0, 0.05) is 29.3 Å². The summed E-state index contributed by atoms with van der Waals surface area (Å²) in [5, 5.41) is 2.89. The van der Waals surface area contributed by atoms with Crippen molar-refractivity contribution in [1.82, 2.24) is 5.32 Å². The minimum atomic E-state index is -0.132. The molecule has 0 saturated heterocycles. The number of carbonyl (C=O) groups excluding carboxylic acids is 2. The number of amides is 1. The molecule has 4 heteroatoms. The van der Waals surface area contributed by atoms with Crippen LogP contribution in [0.5, 0.6) is 0 Å². The molecular formula is C15H20BrNO2. The summed E-state index contributed by atoms with van der Waals surface area (Å²) in [7, 11) is 0. The molecule has 1 aromatic carbocycles. The highest BCUT2D eigenvalue weighted by Gasteiger charge is 2.21. The molecule has 0 aliphatic rings. The molecule has 104 valence electrons. The Labute approximate surface area is 122 Å². The number of benzene rings is 1. The summed E-state index contributed by atoms with van der Waals surface area (Å²) < 4.78 is 1.04. The number of ketones is 1. The predicted octanol–water partition coefficient (Wildman–Crippen LogP) is 3.21. The van der Waals surface area contributed by atoms with Crippen LogP contribution >= 0.6 is 15.9 Å². The number of hydrogen-bond donors (Lipinski definition) is 1. The lowest BCUT2D eigenvalue weighted by atomic mass is 9.84. The topological polar surface area (TPSA) is 46.2 Å². The summed E-state index contributed by atoms with van der Waals surface area (Å²) in [6.07, 6.45) is 0.580. The highest BCUT2D eigenvalue weighted by molar-refractivity contribution is 9.10. The maximum Gasteiger partial charge on any atom is 0.220 e. The second kappa shape index (κ2) is 6.85. The minimum absolute atomic E-state index is 0.0438. The third kappa shape index (κ3) is 5.55. The number of carbonyl (C=O) groups is 2. The molecular weight excluding hydrogens is 306 g/mol. The fraction of sp³-hybridized carbons (Fsp3) is 0.467. The predicted molar refractivity (Wildman–Crippen MR) is 80.1 cm³/mol. The number of Topliss-reactive ketones (excluding diaryl/α,β-unsaturated/α-hetero) is 1. The molecule has 0 atom stereocenters. The van der Waals surface area contributed by atoms with Gasteiger partial charge in [0.05, 0.1) is 0 Å². The molecule has 1 N–H and O–H groups in total. The Morgan fingerprint density at radius 1 is 1.16 bits per heavy atom. The first-order valence-electron chi connectivity index (χ1n) is 6.33. The van der Waals surface area contributed by atoms with Gasteiger partial charge in [-0.15, -0.1) is 0 Å². The van der Waals surface area contributed by atoms with Crippen LogP contribution in [0.25, 0.3) is 0 Å². The molecule has 3 nitrogen and oxygen atoms in total. The van der Waals surface area contributed by atoms with Crippen molar-refractivity contribution in [3.8, 4) is 0 Å². The molecule has 1 rings (SSSR count). The zero-order valence-corrected chi connectivity index (χ0v) is 13.2. The number of halogens is 1. The Bertz CT molecular complexity index is 452. The molecule has 1 amide bonds. The van der Waals surface area contributed by atoms with Crippen LogP contribution in [-0.4, -0.2) is 18.2 Å². The van der Waals surface area contributed by atoms with Crippen molar-refractivity contribution in [2.75, 3.05) is 6.54 Å². The van der Waals surface area contributed by atoms with E-state index in [0.29, 0.717) is 13.0 Å². The summed E-state index contributed by atoms with van der Waals surface area (Å²) in [6.45, 7) is 6.23. The minimum Gasteiger partial charge on any atom is -0.355 e. The quantitative estimate of drug-likeness (QED) is 0.872. The Morgan fingerprint density at radius 3 is 2.26 bits per heavy atom. The van der Waals surface area contributed by atoms with E-state index in [4.69, 9.17) is 0 Å². The van der Waals surface area contributed by atoms with E-state index in [0.717, 1.165) is 4.47 Å². The fourth-order valence-electron chi connectivity index (χ4n) is 1.70. The van der Waals surface area contributed by atoms with E-state index >= 15 is 0 Å². The molecule has 0 aliphatic heterocycles. The van der Waals surface area contributed by atoms with Gasteiger partial charge < -0.3 is 10.1 Å². The first kappa shape index (κ1) is 15.9. The molecule has 19 heavy (non-hydrogen) atoms. The molecule has 0 saturated carbocycles. The molecule has 0 aliphatic carbocycles. The molecule has 0 unspecified atom stereocenters. The normalized spacial score (nSPS) is 11.2. The zero-order chi connectivity index (χ0) is 14.5. The third-order valence-corrected chi connectivity index (χ3v) is 3.59. The van der Waals surface area contributed by atoms with Gasteiger partial charge in [-0.05, 0) is 24.6 Å². The van der Waals surface area contributed by atoms with Crippen LogP contribution in [0.2, 0.25) is 0 Å². The molecule has 0 aromatic heterocycles.